The minimum Gasteiger partial charge on any atom is -0.447 e. The number of imidazole rings is 1. The molecule has 2 fully saturated rings. The molecule has 0 bridgehead atoms. The molecule has 16 heteroatoms. The van der Waals surface area contributed by atoms with E-state index in [0.29, 0.717) is 12.4 Å². The van der Waals surface area contributed by atoms with Gasteiger partial charge >= 0.3 is 12.1 Å². The summed E-state index contributed by atoms with van der Waals surface area (Å²) in [5, 5.41) is 8.40. The lowest BCUT2D eigenvalue weighted by Crippen LogP contribution is -2.50. The number of amides is 5. The topological polar surface area (TPSA) is 147 Å². The van der Waals surface area contributed by atoms with E-state index in [1.165, 1.54) is 12.2 Å². The Morgan fingerprint density at radius 3 is 2.58 bits per heavy atom. The van der Waals surface area contributed by atoms with Crippen LogP contribution in [0.25, 0.3) is 11.3 Å². The monoisotopic (exact) mass is 675 g/mol. The van der Waals surface area contributed by atoms with Gasteiger partial charge in [-0.25, -0.2) is 27.7 Å². The molecule has 4 unspecified atom stereocenters. The second-order valence-electron chi connectivity index (χ2n) is 12.2. The first-order chi connectivity index (χ1) is 23.0. The van der Waals surface area contributed by atoms with Crippen molar-refractivity contribution in [1.82, 2.24) is 35.3 Å². The molecule has 1 aromatic carbocycles. The summed E-state index contributed by atoms with van der Waals surface area (Å²) >= 11 is 0. The first-order valence-electron chi connectivity index (χ1n) is 15.9. The largest absolute Gasteiger partial charge is 0.447 e. The van der Waals surface area contributed by atoms with E-state index in [0.717, 1.165) is 35.9 Å². The highest BCUT2D eigenvalue weighted by Crippen LogP contribution is 2.45. The highest BCUT2D eigenvalue weighted by molar-refractivity contribution is 6.12. The number of hydrogen-bond donors (Lipinski definition) is 3. The van der Waals surface area contributed by atoms with Gasteiger partial charge in [0.05, 0.1) is 37.5 Å². The molecule has 3 aliphatic rings. The van der Waals surface area contributed by atoms with Crippen molar-refractivity contribution in [1.29, 1.82) is 0 Å². The predicted octanol–water partition coefficient (Wildman–Crippen LogP) is 2.44. The van der Waals surface area contributed by atoms with Crippen LogP contribution >= 0.6 is 0 Å². The average molecular weight is 676 g/mol. The lowest BCUT2D eigenvalue weighted by atomic mass is 10.0. The maximum atomic E-state index is 14.8. The highest BCUT2D eigenvalue weighted by atomic mass is 19.1. The number of aryl methyl sites for hydroxylation is 1. The number of benzene rings is 1. The van der Waals surface area contributed by atoms with Crippen LogP contribution in [0.1, 0.15) is 31.6 Å². The van der Waals surface area contributed by atoms with Gasteiger partial charge in [-0.3, -0.25) is 14.5 Å². The summed E-state index contributed by atoms with van der Waals surface area (Å²) in [4.78, 5) is 56.4. The summed E-state index contributed by atoms with van der Waals surface area (Å²) in [6, 6.07) is 1.45. The first-order valence-corrected chi connectivity index (χ1v) is 15.9. The first kappa shape index (κ1) is 34.9. The Morgan fingerprint density at radius 2 is 1.90 bits per heavy atom. The molecule has 1 saturated carbocycles. The van der Waals surface area contributed by atoms with E-state index in [1.54, 1.807) is 29.6 Å². The number of alkyl halides is 1. The molecule has 13 nitrogen and oxygen atoms in total. The van der Waals surface area contributed by atoms with Crippen molar-refractivity contribution < 1.29 is 41.8 Å². The van der Waals surface area contributed by atoms with Gasteiger partial charge in [0, 0.05) is 63.1 Å². The second kappa shape index (κ2) is 15.6. The van der Waals surface area contributed by atoms with Crippen molar-refractivity contribution in [3.63, 3.8) is 0 Å². The van der Waals surface area contributed by atoms with Gasteiger partial charge in [-0.15, -0.1) is 0 Å². The maximum Gasteiger partial charge on any atom is 0.407 e. The van der Waals surface area contributed by atoms with Gasteiger partial charge in [0.1, 0.15) is 30.2 Å². The third kappa shape index (κ3) is 8.72. The molecule has 1 saturated heterocycles. The highest BCUT2D eigenvalue weighted by Gasteiger charge is 2.43. The molecule has 0 spiro atoms. The van der Waals surface area contributed by atoms with Crippen molar-refractivity contribution >= 4 is 23.9 Å². The van der Waals surface area contributed by atoms with Crippen LogP contribution in [0, 0.1) is 23.5 Å². The minimum atomic E-state index is -1.16. The second-order valence-corrected chi connectivity index (χ2v) is 12.2. The fraction of sp³-hybridized carbons (Fsp3) is 0.531. The quantitative estimate of drug-likeness (QED) is 0.193. The van der Waals surface area contributed by atoms with E-state index >= 15 is 0 Å². The Bertz CT molecular complexity index is 1520. The van der Waals surface area contributed by atoms with E-state index < -0.39 is 59.7 Å². The molecule has 0 radical (unpaired) electrons. The number of urea groups is 1. The Hall–Kier alpha value is -4.44. The SMILES string of the molecule is CC(COC(=O)NCCOCCN1C(=O)C=CC1=O)NC(=O)N(CC1CNCC1F)C(c1nc(-c2cc(F)ccc2F)cn1C)C1CC1. The molecule has 4 atom stereocenters. The number of hydrogen-bond acceptors (Lipinski definition) is 8. The van der Waals surface area contributed by atoms with Crippen LogP contribution in [-0.4, -0.2) is 108 Å². The zero-order valence-corrected chi connectivity index (χ0v) is 26.8. The van der Waals surface area contributed by atoms with Crippen molar-refractivity contribution in [2.45, 2.75) is 38.0 Å². The van der Waals surface area contributed by atoms with Gasteiger partial charge in [-0.05, 0) is 43.9 Å². The fourth-order valence-corrected chi connectivity index (χ4v) is 5.77. The number of nitrogens with one attached hydrogen (secondary N) is 3. The van der Waals surface area contributed by atoms with Gasteiger partial charge < -0.3 is 34.9 Å². The maximum absolute atomic E-state index is 14.8. The molecule has 260 valence electrons. The molecule has 1 aliphatic carbocycles. The standard InChI is InChI=1S/C32H40F3N7O6/c1-19(18-48-32(46)37-9-11-47-12-10-41-27(43)7-8-28(41)44)38-31(45)42(16-21-14-36-15-25(21)35)29(20-3-4-20)30-39-26(17-40(30)2)23-13-22(33)5-6-24(23)34/h5-8,13,17,19-21,25,29,36H,3-4,9-12,14-16,18H2,1-2H3,(H,37,46)(H,38,45). The van der Waals surface area contributed by atoms with Crippen LogP contribution in [0.3, 0.4) is 0 Å². The summed E-state index contributed by atoms with van der Waals surface area (Å²) in [5.74, 6) is -2.01. The normalized spacial score (nSPS) is 20.2. The summed E-state index contributed by atoms with van der Waals surface area (Å²) in [6.07, 6.45) is 3.68. The van der Waals surface area contributed by atoms with Crippen molar-refractivity contribution in [2.75, 3.05) is 52.5 Å². The summed E-state index contributed by atoms with van der Waals surface area (Å²) in [5.41, 5.74) is 0.211. The van der Waals surface area contributed by atoms with Crippen LogP contribution in [0.15, 0.2) is 36.5 Å². The zero-order chi connectivity index (χ0) is 34.4. The number of aromatic nitrogens is 2. The number of rotatable bonds is 15. The van der Waals surface area contributed by atoms with Crippen molar-refractivity contribution in [3.8, 4) is 11.3 Å². The van der Waals surface area contributed by atoms with Gasteiger partial charge in [-0.1, -0.05) is 0 Å². The molecule has 2 aromatic rings. The molecule has 5 amide bonds. The third-order valence-electron chi connectivity index (χ3n) is 8.44. The Kier molecular flexibility index (Phi) is 11.4. The number of halogens is 3. The average Bonchev–Trinajstić information content (AvgIpc) is 3.58. The molecule has 1 aromatic heterocycles. The van der Waals surface area contributed by atoms with E-state index in [-0.39, 0.29) is 63.2 Å². The molecule has 3 N–H and O–H groups in total. The van der Waals surface area contributed by atoms with E-state index in [1.807, 2.05) is 0 Å². The van der Waals surface area contributed by atoms with E-state index in [2.05, 4.69) is 20.9 Å². The van der Waals surface area contributed by atoms with Crippen molar-refractivity contribution in [3.05, 3.63) is 54.0 Å². The molecular weight excluding hydrogens is 635 g/mol. The zero-order valence-electron chi connectivity index (χ0n) is 26.8. The number of nitrogens with zero attached hydrogens (tertiary/aromatic N) is 4. The lowest BCUT2D eigenvalue weighted by Gasteiger charge is -2.34. The van der Waals surface area contributed by atoms with E-state index in [4.69, 9.17) is 9.47 Å². The number of ether oxygens (including phenoxy) is 2. The number of imide groups is 1. The molecule has 3 heterocycles. The van der Waals surface area contributed by atoms with Crippen LogP contribution in [0.5, 0.6) is 0 Å². The van der Waals surface area contributed by atoms with E-state index in [9.17, 15) is 32.3 Å². The molecule has 2 aliphatic heterocycles. The van der Waals surface area contributed by atoms with Gasteiger partial charge in [0.15, 0.2) is 0 Å². The van der Waals surface area contributed by atoms with Crippen LogP contribution in [0.4, 0.5) is 22.8 Å². The fourth-order valence-electron chi connectivity index (χ4n) is 5.77. The number of alkyl carbamates (subject to hydrolysis) is 1. The smallest absolute Gasteiger partial charge is 0.407 e. The number of carbonyl (C=O) groups is 4. The van der Waals surface area contributed by atoms with Crippen molar-refractivity contribution in [2.24, 2.45) is 18.9 Å². The van der Waals surface area contributed by atoms with Gasteiger partial charge in [0.25, 0.3) is 11.8 Å². The van der Waals surface area contributed by atoms with Gasteiger partial charge in [-0.2, -0.15) is 0 Å². The predicted molar refractivity (Wildman–Crippen MR) is 166 cm³/mol. The van der Waals surface area contributed by atoms with Crippen LogP contribution in [-0.2, 0) is 26.1 Å². The summed E-state index contributed by atoms with van der Waals surface area (Å²) in [7, 11) is 1.72. The number of carbonyl (C=O) groups excluding carboxylic acids is 4. The Morgan fingerprint density at radius 1 is 1.15 bits per heavy atom. The summed E-state index contributed by atoms with van der Waals surface area (Å²) in [6.45, 7) is 2.60. The molecule has 48 heavy (non-hydrogen) atoms. The van der Waals surface area contributed by atoms with Crippen LogP contribution < -0.4 is 16.0 Å². The summed E-state index contributed by atoms with van der Waals surface area (Å²) < 4.78 is 55.7. The molecule has 5 rings (SSSR count). The lowest BCUT2D eigenvalue weighted by molar-refractivity contribution is -0.137. The van der Waals surface area contributed by atoms with Gasteiger partial charge in [0.2, 0.25) is 0 Å². The third-order valence-corrected chi connectivity index (χ3v) is 8.44. The van der Waals surface area contributed by atoms with Crippen LogP contribution in [0.2, 0.25) is 0 Å². The Labute approximate surface area is 275 Å². The molecular formula is C32H40F3N7O6. The Balaban J connectivity index is 1.17. The minimum absolute atomic E-state index is 0.00516.